The largest absolute Gasteiger partial charge is 0.369 e. The van der Waals surface area contributed by atoms with Crippen molar-refractivity contribution in [3.05, 3.63) is 17.3 Å². The summed E-state index contributed by atoms with van der Waals surface area (Å²) in [5, 5.41) is 3.37. The summed E-state index contributed by atoms with van der Waals surface area (Å²) >= 11 is 6.07. The van der Waals surface area contributed by atoms with Gasteiger partial charge in [-0.05, 0) is 18.4 Å². The molecule has 0 bridgehead atoms. The van der Waals surface area contributed by atoms with E-state index in [1.807, 2.05) is 6.92 Å². The first-order chi connectivity index (χ1) is 9.94. The summed E-state index contributed by atoms with van der Waals surface area (Å²) in [4.78, 5) is 4.18. The molecule has 1 heterocycles. The third-order valence-corrected chi connectivity index (χ3v) is 5.06. The molecule has 0 saturated carbocycles. The predicted octanol–water partition coefficient (Wildman–Crippen LogP) is 3.27. The number of hydrogen-bond donors (Lipinski definition) is 2. The molecule has 7 heteroatoms. The van der Waals surface area contributed by atoms with Crippen LogP contribution in [0, 0.1) is 5.92 Å². The third kappa shape index (κ3) is 5.45. The molecule has 0 atom stereocenters. The van der Waals surface area contributed by atoms with Gasteiger partial charge in [-0.3, -0.25) is 0 Å². The summed E-state index contributed by atoms with van der Waals surface area (Å²) < 4.78 is 27.1. The molecule has 120 valence electrons. The average molecular weight is 334 g/mol. The van der Waals surface area contributed by atoms with Gasteiger partial charge in [0.1, 0.15) is 10.7 Å². The maximum absolute atomic E-state index is 12.2. The number of nitrogens with zero attached hydrogens (tertiary/aromatic N) is 1. The van der Waals surface area contributed by atoms with E-state index in [4.69, 9.17) is 11.6 Å². The van der Waals surface area contributed by atoms with Crippen LogP contribution in [0.5, 0.6) is 0 Å². The lowest BCUT2D eigenvalue weighted by atomic mass is 10.0. The highest BCUT2D eigenvalue weighted by Gasteiger charge is 2.17. The van der Waals surface area contributed by atoms with E-state index in [0.29, 0.717) is 23.3 Å². The summed E-state index contributed by atoms with van der Waals surface area (Å²) in [6.45, 7) is 7.31. The molecule has 0 aliphatic carbocycles. The minimum atomic E-state index is -3.56. The Morgan fingerprint density at radius 1 is 1.29 bits per heavy atom. The molecule has 21 heavy (non-hydrogen) atoms. The van der Waals surface area contributed by atoms with E-state index in [0.717, 1.165) is 25.8 Å². The van der Waals surface area contributed by atoms with Crippen LogP contribution in [0.2, 0.25) is 5.02 Å². The standard InChI is InChI=1S/C14H24ClN3O2S/c1-4-7-16-14-13(15)8-12(10-17-14)21(19,20)18-9-11(5-2)6-3/h8,10-11,18H,4-7,9H2,1-3H3,(H,16,17). The highest BCUT2D eigenvalue weighted by Crippen LogP contribution is 2.22. The van der Waals surface area contributed by atoms with Gasteiger partial charge in [0.25, 0.3) is 0 Å². The Morgan fingerprint density at radius 2 is 1.95 bits per heavy atom. The van der Waals surface area contributed by atoms with Gasteiger partial charge in [-0.25, -0.2) is 18.1 Å². The van der Waals surface area contributed by atoms with Gasteiger partial charge in [0.05, 0.1) is 5.02 Å². The zero-order chi connectivity index (χ0) is 15.9. The number of hydrogen-bond acceptors (Lipinski definition) is 4. The minimum Gasteiger partial charge on any atom is -0.369 e. The van der Waals surface area contributed by atoms with E-state index in [1.54, 1.807) is 0 Å². The highest BCUT2D eigenvalue weighted by molar-refractivity contribution is 7.89. The van der Waals surface area contributed by atoms with Crippen molar-refractivity contribution >= 4 is 27.4 Å². The zero-order valence-electron chi connectivity index (χ0n) is 12.8. The summed E-state index contributed by atoms with van der Waals surface area (Å²) in [5.41, 5.74) is 0. The van der Waals surface area contributed by atoms with Gasteiger partial charge in [-0.1, -0.05) is 45.2 Å². The van der Waals surface area contributed by atoms with Crippen LogP contribution in [0.1, 0.15) is 40.0 Å². The molecule has 0 fully saturated rings. The molecule has 0 unspecified atom stereocenters. The van der Waals surface area contributed by atoms with E-state index in [2.05, 4.69) is 28.9 Å². The van der Waals surface area contributed by atoms with Crippen LogP contribution in [0.4, 0.5) is 5.82 Å². The first-order valence-electron chi connectivity index (χ1n) is 7.33. The molecule has 0 amide bonds. The molecule has 0 radical (unpaired) electrons. The highest BCUT2D eigenvalue weighted by atomic mass is 35.5. The van der Waals surface area contributed by atoms with Crippen molar-refractivity contribution in [1.29, 1.82) is 0 Å². The van der Waals surface area contributed by atoms with Gasteiger partial charge in [0.2, 0.25) is 10.0 Å². The fourth-order valence-electron chi connectivity index (χ4n) is 1.83. The molecule has 0 aromatic carbocycles. The maximum Gasteiger partial charge on any atom is 0.242 e. The smallest absolute Gasteiger partial charge is 0.242 e. The van der Waals surface area contributed by atoms with Crippen molar-refractivity contribution in [2.45, 2.75) is 44.9 Å². The molecule has 0 aliphatic heterocycles. The van der Waals surface area contributed by atoms with Crippen molar-refractivity contribution in [2.24, 2.45) is 5.92 Å². The van der Waals surface area contributed by atoms with E-state index >= 15 is 0 Å². The molecule has 0 spiro atoms. The quantitative estimate of drug-likeness (QED) is 0.727. The topological polar surface area (TPSA) is 71.1 Å². The Morgan fingerprint density at radius 3 is 2.48 bits per heavy atom. The van der Waals surface area contributed by atoms with Crippen LogP contribution < -0.4 is 10.0 Å². The first-order valence-corrected chi connectivity index (χ1v) is 9.19. The molecular formula is C14H24ClN3O2S. The van der Waals surface area contributed by atoms with Crippen molar-refractivity contribution in [3.8, 4) is 0 Å². The summed E-state index contributed by atoms with van der Waals surface area (Å²) in [5.74, 6) is 0.853. The van der Waals surface area contributed by atoms with Gasteiger partial charge in [-0.2, -0.15) is 0 Å². The van der Waals surface area contributed by atoms with Crippen molar-refractivity contribution in [3.63, 3.8) is 0 Å². The number of rotatable bonds is 9. The molecule has 1 rings (SSSR count). The first kappa shape index (κ1) is 18.2. The van der Waals surface area contributed by atoms with Crippen LogP contribution in [0.25, 0.3) is 0 Å². The third-order valence-electron chi connectivity index (χ3n) is 3.39. The van der Waals surface area contributed by atoms with Crippen LogP contribution >= 0.6 is 11.6 Å². The van der Waals surface area contributed by atoms with Crippen LogP contribution in [-0.4, -0.2) is 26.5 Å². The second kappa shape index (κ2) is 8.56. The SMILES string of the molecule is CCCNc1ncc(S(=O)(=O)NCC(CC)CC)cc1Cl. The molecule has 2 N–H and O–H groups in total. The molecule has 1 aromatic rings. The molecule has 5 nitrogen and oxygen atoms in total. The second-order valence-corrected chi connectivity index (χ2v) is 7.14. The van der Waals surface area contributed by atoms with Gasteiger partial charge < -0.3 is 5.32 Å². The van der Waals surface area contributed by atoms with Crippen LogP contribution in [0.15, 0.2) is 17.2 Å². The molecule has 0 aliphatic rings. The lowest BCUT2D eigenvalue weighted by Crippen LogP contribution is -2.29. The van der Waals surface area contributed by atoms with Crippen LogP contribution in [-0.2, 0) is 10.0 Å². The number of anilines is 1. The van der Waals surface area contributed by atoms with Gasteiger partial charge >= 0.3 is 0 Å². The minimum absolute atomic E-state index is 0.0977. The average Bonchev–Trinajstić information content (AvgIpc) is 2.47. The number of sulfonamides is 1. The fraction of sp³-hybridized carbons (Fsp3) is 0.643. The lowest BCUT2D eigenvalue weighted by Gasteiger charge is -2.14. The van der Waals surface area contributed by atoms with E-state index in [9.17, 15) is 8.42 Å². The Balaban J connectivity index is 2.81. The van der Waals surface area contributed by atoms with Gasteiger partial charge in [0, 0.05) is 19.3 Å². The zero-order valence-corrected chi connectivity index (χ0v) is 14.4. The summed E-state index contributed by atoms with van der Waals surface area (Å²) in [6.07, 6.45) is 4.16. The summed E-state index contributed by atoms with van der Waals surface area (Å²) in [6, 6.07) is 1.43. The van der Waals surface area contributed by atoms with E-state index in [1.165, 1.54) is 12.3 Å². The summed E-state index contributed by atoms with van der Waals surface area (Å²) in [7, 11) is -3.56. The Bertz CT molecular complexity index is 545. The van der Waals surface area contributed by atoms with Crippen molar-refractivity contribution in [2.75, 3.05) is 18.4 Å². The van der Waals surface area contributed by atoms with Gasteiger partial charge in [0.15, 0.2) is 0 Å². The fourth-order valence-corrected chi connectivity index (χ4v) is 3.21. The molecule has 1 aromatic heterocycles. The van der Waals surface area contributed by atoms with Crippen LogP contribution in [0.3, 0.4) is 0 Å². The normalized spacial score (nSPS) is 11.9. The number of pyridine rings is 1. The number of aromatic nitrogens is 1. The van der Waals surface area contributed by atoms with E-state index < -0.39 is 10.0 Å². The number of halogens is 1. The van der Waals surface area contributed by atoms with Crippen molar-refractivity contribution in [1.82, 2.24) is 9.71 Å². The maximum atomic E-state index is 12.2. The number of nitrogens with one attached hydrogen (secondary N) is 2. The lowest BCUT2D eigenvalue weighted by molar-refractivity contribution is 0.479. The molecule has 0 saturated heterocycles. The van der Waals surface area contributed by atoms with E-state index in [-0.39, 0.29) is 4.90 Å². The predicted molar refractivity (Wildman–Crippen MR) is 87.3 cm³/mol. The monoisotopic (exact) mass is 333 g/mol. The Labute approximate surface area is 132 Å². The molecular weight excluding hydrogens is 310 g/mol. The Hall–Kier alpha value is -0.850. The van der Waals surface area contributed by atoms with Crippen molar-refractivity contribution < 1.29 is 8.42 Å². The van der Waals surface area contributed by atoms with Gasteiger partial charge in [-0.15, -0.1) is 0 Å². The Kier molecular flexibility index (Phi) is 7.42. The second-order valence-electron chi connectivity index (χ2n) is 4.96.